The maximum Gasteiger partial charge on any atom is 0.227 e. The lowest BCUT2D eigenvalue weighted by atomic mass is 9.83. The van der Waals surface area contributed by atoms with Crippen molar-refractivity contribution >= 4 is 5.91 Å². The molecule has 4 nitrogen and oxygen atoms in total. The van der Waals surface area contributed by atoms with Gasteiger partial charge in [-0.25, -0.2) is 0 Å². The average molecular weight is 254 g/mol. The minimum Gasteiger partial charge on any atom is -0.396 e. The molecule has 3 atom stereocenters. The first-order valence-corrected chi connectivity index (χ1v) is 7.32. The molecule has 0 spiro atoms. The van der Waals surface area contributed by atoms with E-state index in [1.54, 1.807) is 0 Å². The molecule has 1 saturated heterocycles. The molecule has 1 saturated carbocycles. The second-order valence-electron chi connectivity index (χ2n) is 5.90. The van der Waals surface area contributed by atoms with Gasteiger partial charge in [0.2, 0.25) is 5.91 Å². The van der Waals surface area contributed by atoms with Gasteiger partial charge in [0.25, 0.3) is 0 Å². The van der Waals surface area contributed by atoms with Crippen molar-refractivity contribution in [2.45, 2.75) is 39.0 Å². The van der Waals surface area contributed by atoms with Gasteiger partial charge >= 0.3 is 0 Å². The highest BCUT2D eigenvalue weighted by Crippen LogP contribution is 2.32. The first kappa shape index (κ1) is 13.8. The summed E-state index contributed by atoms with van der Waals surface area (Å²) >= 11 is 0. The number of nitrogens with one attached hydrogen (secondary N) is 2. The van der Waals surface area contributed by atoms with Gasteiger partial charge in [0.05, 0.1) is 5.41 Å². The fourth-order valence-corrected chi connectivity index (χ4v) is 3.43. The Bertz CT molecular complexity index is 288. The van der Waals surface area contributed by atoms with Crippen molar-refractivity contribution < 1.29 is 9.90 Å². The molecule has 3 N–H and O–H groups in total. The smallest absolute Gasteiger partial charge is 0.227 e. The van der Waals surface area contributed by atoms with E-state index in [1.807, 2.05) is 0 Å². The molecule has 2 fully saturated rings. The summed E-state index contributed by atoms with van der Waals surface area (Å²) in [6.45, 7) is 4.86. The zero-order chi connectivity index (χ0) is 13.0. The molecule has 1 heterocycles. The Morgan fingerprint density at radius 3 is 2.83 bits per heavy atom. The van der Waals surface area contributed by atoms with Crippen LogP contribution in [-0.4, -0.2) is 37.3 Å². The van der Waals surface area contributed by atoms with Gasteiger partial charge < -0.3 is 15.7 Å². The molecule has 3 unspecified atom stereocenters. The molecule has 2 rings (SSSR count). The van der Waals surface area contributed by atoms with E-state index in [1.165, 1.54) is 6.42 Å². The maximum atomic E-state index is 12.3. The fourth-order valence-electron chi connectivity index (χ4n) is 3.43. The number of amides is 1. The number of aliphatic hydroxyl groups is 1. The first-order valence-electron chi connectivity index (χ1n) is 7.32. The number of rotatable bonds is 5. The van der Waals surface area contributed by atoms with Gasteiger partial charge in [0.15, 0.2) is 0 Å². The Morgan fingerprint density at radius 1 is 1.44 bits per heavy atom. The highest BCUT2D eigenvalue weighted by Gasteiger charge is 2.39. The zero-order valence-electron chi connectivity index (χ0n) is 11.4. The normalized spacial score (nSPS) is 35.9. The number of carbonyl (C=O) groups is 1. The SMILES string of the molecule is CCC1(C(=O)NCC2CCCC2CO)CCNC1. The van der Waals surface area contributed by atoms with Crippen LogP contribution in [0.1, 0.15) is 39.0 Å². The Labute approximate surface area is 110 Å². The summed E-state index contributed by atoms with van der Waals surface area (Å²) in [5.41, 5.74) is -0.187. The van der Waals surface area contributed by atoms with Crippen molar-refractivity contribution in [1.29, 1.82) is 0 Å². The van der Waals surface area contributed by atoms with Crippen molar-refractivity contribution in [1.82, 2.24) is 10.6 Å². The van der Waals surface area contributed by atoms with E-state index in [4.69, 9.17) is 0 Å². The summed E-state index contributed by atoms with van der Waals surface area (Å²) in [6, 6.07) is 0. The third-order valence-corrected chi connectivity index (χ3v) is 4.98. The van der Waals surface area contributed by atoms with E-state index in [0.717, 1.165) is 45.3 Å². The van der Waals surface area contributed by atoms with Crippen LogP contribution < -0.4 is 10.6 Å². The lowest BCUT2D eigenvalue weighted by Gasteiger charge is -2.27. The number of hydrogen-bond acceptors (Lipinski definition) is 3. The van der Waals surface area contributed by atoms with Crippen LogP contribution in [0.2, 0.25) is 0 Å². The van der Waals surface area contributed by atoms with Crippen LogP contribution in [0.5, 0.6) is 0 Å². The molecule has 0 radical (unpaired) electrons. The zero-order valence-corrected chi connectivity index (χ0v) is 11.4. The molecule has 1 amide bonds. The van der Waals surface area contributed by atoms with Crippen LogP contribution in [0.4, 0.5) is 0 Å². The lowest BCUT2D eigenvalue weighted by Crippen LogP contribution is -2.44. The van der Waals surface area contributed by atoms with Crippen molar-refractivity contribution in [3.8, 4) is 0 Å². The summed E-state index contributed by atoms with van der Waals surface area (Å²) < 4.78 is 0. The number of carbonyl (C=O) groups excluding carboxylic acids is 1. The van der Waals surface area contributed by atoms with Gasteiger partial charge in [-0.3, -0.25) is 4.79 Å². The van der Waals surface area contributed by atoms with Crippen molar-refractivity contribution in [3.63, 3.8) is 0 Å². The van der Waals surface area contributed by atoms with Crippen LogP contribution in [0.25, 0.3) is 0 Å². The van der Waals surface area contributed by atoms with E-state index in [-0.39, 0.29) is 17.9 Å². The van der Waals surface area contributed by atoms with Crippen molar-refractivity contribution in [2.24, 2.45) is 17.3 Å². The number of aliphatic hydroxyl groups excluding tert-OH is 1. The van der Waals surface area contributed by atoms with E-state index < -0.39 is 0 Å². The monoisotopic (exact) mass is 254 g/mol. The van der Waals surface area contributed by atoms with Gasteiger partial charge in [-0.05, 0) is 44.1 Å². The molecule has 0 aromatic rings. The van der Waals surface area contributed by atoms with Crippen LogP contribution in [0.15, 0.2) is 0 Å². The van der Waals surface area contributed by atoms with Gasteiger partial charge in [0.1, 0.15) is 0 Å². The second kappa shape index (κ2) is 6.02. The molecular weight excluding hydrogens is 228 g/mol. The predicted octanol–water partition coefficient (Wildman–Crippen LogP) is 0.901. The third kappa shape index (κ3) is 2.69. The lowest BCUT2D eigenvalue weighted by molar-refractivity contribution is -0.130. The quantitative estimate of drug-likeness (QED) is 0.683. The van der Waals surface area contributed by atoms with Gasteiger partial charge in [-0.2, -0.15) is 0 Å². The van der Waals surface area contributed by atoms with Crippen LogP contribution in [-0.2, 0) is 4.79 Å². The predicted molar refractivity (Wildman–Crippen MR) is 71.1 cm³/mol. The summed E-state index contributed by atoms with van der Waals surface area (Å²) in [4.78, 5) is 12.3. The van der Waals surface area contributed by atoms with E-state index in [0.29, 0.717) is 11.8 Å². The molecule has 18 heavy (non-hydrogen) atoms. The van der Waals surface area contributed by atoms with Gasteiger partial charge in [-0.1, -0.05) is 13.3 Å². The van der Waals surface area contributed by atoms with Crippen LogP contribution >= 0.6 is 0 Å². The average Bonchev–Trinajstić information content (AvgIpc) is 3.05. The van der Waals surface area contributed by atoms with Gasteiger partial charge in [0, 0.05) is 19.7 Å². The Morgan fingerprint density at radius 2 is 2.22 bits per heavy atom. The third-order valence-electron chi connectivity index (χ3n) is 4.98. The molecule has 0 bridgehead atoms. The Balaban J connectivity index is 1.84. The first-order chi connectivity index (χ1) is 8.72. The molecule has 104 valence electrons. The number of hydrogen-bond donors (Lipinski definition) is 3. The second-order valence-corrected chi connectivity index (χ2v) is 5.90. The van der Waals surface area contributed by atoms with Crippen molar-refractivity contribution in [2.75, 3.05) is 26.2 Å². The molecule has 4 heteroatoms. The molecule has 0 aromatic carbocycles. The molecule has 1 aliphatic heterocycles. The topological polar surface area (TPSA) is 61.4 Å². The van der Waals surface area contributed by atoms with Crippen molar-refractivity contribution in [3.05, 3.63) is 0 Å². The van der Waals surface area contributed by atoms with E-state index in [2.05, 4.69) is 17.6 Å². The minimum atomic E-state index is -0.187. The Kier molecular flexibility index (Phi) is 4.62. The molecular formula is C14H26N2O2. The molecule has 1 aliphatic carbocycles. The molecule has 2 aliphatic rings. The minimum absolute atomic E-state index is 0.187. The summed E-state index contributed by atoms with van der Waals surface area (Å²) in [6.07, 6.45) is 5.29. The van der Waals surface area contributed by atoms with Crippen LogP contribution in [0, 0.1) is 17.3 Å². The van der Waals surface area contributed by atoms with Gasteiger partial charge in [-0.15, -0.1) is 0 Å². The standard InChI is InChI=1S/C14H26N2O2/c1-2-14(6-7-15-10-14)13(18)16-8-11-4-3-5-12(11)9-17/h11-12,15,17H,2-10H2,1H3,(H,16,18). The van der Waals surface area contributed by atoms with E-state index in [9.17, 15) is 9.90 Å². The largest absolute Gasteiger partial charge is 0.396 e. The van der Waals surface area contributed by atoms with Crippen LogP contribution in [0.3, 0.4) is 0 Å². The summed E-state index contributed by atoms with van der Waals surface area (Å²) in [7, 11) is 0. The molecule has 0 aromatic heterocycles. The Hall–Kier alpha value is -0.610. The van der Waals surface area contributed by atoms with E-state index >= 15 is 0 Å². The highest BCUT2D eigenvalue weighted by atomic mass is 16.3. The summed E-state index contributed by atoms with van der Waals surface area (Å²) in [5.74, 6) is 1.07. The summed E-state index contributed by atoms with van der Waals surface area (Å²) in [5, 5.41) is 15.7. The highest BCUT2D eigenvalue weighted by molar-refractivity contribution is 5.83. The maximum absolute atomic E-state index is 12.3. The fraction of sp³-hybridized carbons (Fsp3) is 0.929.